The molecule has 3 rings (SSSR count). The molecule has 0 radical (unpaired) electrons. The lowest BCUT2D eigenvalue weighted by atomic mass is 10.1. The summed E-state index contributed by atoms with van der Waals surface area (Å²) in [6.07, 6.45) is 0. The molecule has 2 nitrogen and oxygen atoms in total. The van der Waals surface area contributed by atoms with E-state index < -0.39 is 0 Å². The highest BCUT2D eigenvalue weighted by Crippen LogP contribution is 2.26. The normalized spacial score (nSPS) is 11.2. The number of rotatable bonds is 2. The lowest BCUT2D eigenvalue weighted by molar-refractivity contribution is 0.970. The first-order chi connectivity index (χ1) is 9.60. The minimum Gasteiger partial charge on any atom is -0.295 e. The molecule has 0 spiro atoms. The standard InChI is InChI=1S/C16H14ClIN2/c1-10-3-4-11(2)15(7-10)20-14-6-5-12(18)8-13(14)19-16(20)9-17/h3-8H,9H2,1-2H3. The molecule has 20 heavy (non-hydrogen) atoms. The van der Waals surface area contributed by atoms with Crippen LogP contribution >= 0.6 is 34.2 Å². The van der Waals surface area contributed by atoms with Crippen LogP contribution in [0.3, 0.4) is 0 Å². The molecule has 0 aliphatic carbocycles. The smallest absolute Gasteiger partial charge is 0.129 e. The number of hydrogen-bond acceptors (Lipinski definition) is 1. The van der Waals surface area contributed by atoms with Gasteiger partial charge in [0.25, 0.3) is 0 Å². The first-order valence-corrected chi connectivity index (χ1v) is 8.02. The molecule has 0 aliphatic heterocycles. The van der Waals surface area contributed by atoms with Crippen molar-refractivity contribution in [3.8, 4) is 5.69 Å². The van der Waals surface area contributed by atoms with E-state index in [1.54, 1.807) is 0 Å². The topological polar surface area (TPSA) is 17.8 Å². The summed E-state index contributed by atoms with van der Waals surface area (Å²) >= 11 is 8.41. The van der Waals surface area contributed by atoms with E-state index in [2.05, 4.69) is 82.4 Å². The first kappa shape index (κ1) is 13.9. The van der Waals surface area contributed by atoms with Crippen LogP contribution in [0.1, 0.15) is 17.0 Å². The number of alkyl halides is 1. The van der Waals surface area contributed by atoms with Crippen molar-refractivity contribution in [2.75, 3.05) is 0 Å². The van der Waals surface area contributed by atoms with Gasteiger partial charge in [-0.2, -0.15) is 0 Å². The fraction of sp³-hybridized carbons (Fsp3) is 0.188. The molecule has 0 amide bonds. The number of imidazole rings is 1. The zero-order valence-electron chi connectivity index (χ0n) is 11.3. The highest BCUT2D eigenvalue weighted by atomic mass is 127. The Hall–Kier alpha value is -1.07. The van der Waals surface area contributed by atoms with Crippen LogP contribution in [0.4, 0.5) is 0 Å². The van der Waals surface area contributed by atoms with Gasteiger partial charge < -0.3 is 0 Å². The minimum atomic E-state index is 0.401. The van der Waals surface area contributed by atoms with E-state index in [-0.39, 0.29) is 0 Å². The van der Waals surface area contributed by atoms with Crippen molar-refractivity contribution in [2.24, 2.45) is 0 Å². The van der Waals surface area contributed by atoms with Gasteiger partial charge in [-0.1, -0.05) is 12.1 Å². The molecule has 1 heterocycles. The molecule has 3 aromatic rings. The predicted molar refractivity (Wildman–Crippen MR) is 92.8 cm³/mol. The highest BCUT2D eigenvalue weighted by molar-refractivity contribution is 14.1. The van der Waals surface area contributed by atoms with Crippen LogP contribution in [-0.2, 0) is 5.88 Å². The van der Waals surface area contributed by atoms with E-state index in [1.807, 2.05) is 0 Å². The number of hydrogen-bond donors (Lipinski definition) is 0. The van der Waals surface area contributed by atoms with Crippen molar-refractivity contribution in [1.29, 1.82) is 0 Å². The van der Waals surface area contributed by atoms with Crippen LogP contribution in [0.5, 0.6) is 0 Å². The Morgan fingerprint density at radius 2 is 1.95 bits per heavy atom. The minimum absolute atomic E-state index is 0.401. The maximum Gasteiger partial charge on any atom is 0.129 e. The number of fused-ring (bicyclic) bond motifs is 1. The van der Waals surface area contributed by atoms with Crippen LogP contribution in [0, 0.1) is 17.4 Å². The average Bonchev–Trinajstić information content (AvgIpc) is 2.78. The van der Waals surface area contributed by atoms with E-state index in [4.69, 9.17) is 11.6 Å². The molecule has 0 saturated carbocycles. The SMILES string of the molecule is Cc1ccc(C)c(-n2c(CCl)nc3cc(I)ccc32)c1. The van der Waals surface area contributed by atoms with Crippen molar-refractivity contribution < 1.29 is 0 Å². The molecule has 0 bridgehead atoms. The third-order valence-corrected chi connectivity index (χ3v) is 4.32. The van der Waals surface area contributed by atoms with Crippen molar-refractivity contribution in [3.05, 3.63) is 56.9 Å². The van der Waals surface area contributed by atoms with Gasteiger partial charge in [-0.05, 0) is 71.8 Å². The largest absolute Gasteiger partial charge is 0.295 e. The van der Waals surface area contributed by atoms with Crippen molar-refractivity contribution in [1.82, 2.24) is 9.55 Å². The number of halogens is 2. The van der Waals surface area contributed by atoms with E-state index in [1.165, 1.54) is 14.7 Å². The second-order valence-corrected chi connectivity index (χ2v) is 6.43. The summed E-state index contributed by atoms with van der Waals surface area (Å²) < 4.78 is 3.35. The van der Waals surface area contributed by atoms with E-state index >= 15 is 0 Å². The Balaban J connectivity index is 2.37. The van der Waals surface area contributed by atoms with Crippen LogP contribution < -0.4 is 0 Å². The average molecular weight is 397 g/mol. The van der Waals surface area contributed by atoms with Gasteiger partial charge in [0.15, 0.2) is 0 Å². The lowest BCUT2D eigenvalue weighted by Crippen LogP contribution is -2.02. The van der Waals surface area contributed by atoms with E-state index in [0.717, 1.165) is 22.5 Å². The van der Waals surface area contributed by atoms with Gasteiger partial charge in [-0.25, -0.2) is 4.98 Å². The number of nitrogens with zero attached hydrogens (tertiary/aromatic N) is 2. The molecule has 0 saturated heterocycles. The summed E-state index contributed by atoms with van der Waals surface area (Å²) in [5.41, 5.74) is 5.71. The van der Waals surface area contributed by atoms with Gasteiger partial charge in [0.05, 0.1) is 22.6 Å². The molecule has 0 unspecified atom stereocenters. The Labute approximate surface area is 136 Å². The van der Waals surface area contributed by atoms with Gasteiger partial charge in [0, 0.05) is 3.57 Å². The second kappa shape index (κ2) is 5.37. The number of aromatic nitrogens is 2. The van der Waals surface area contributed by atoms with Crippen LogP contribution in [0.15, 0.2) is 36.4 Å². The summed E-state index contributed by atoms with van der Waals surface area (Å²) in [5.74, 6) is 1.29. The van der Waals surface area contributed by atoms with Crippen molar-refractivity contribution in [3.63, 3.8) is 0 Å². The summed E-state index contributed by atoms with van der Waals surface area (Å²) in [4.78, 5) is 4.67. The Morgan fingerprint density at radius 1 is 1.15 bits per heavy atom. The molecular formula is C16H14ClIN2. The third-order valence-electron chi connectivity index (χ3n) is 3.41. The van der Waals surface area contributed by atoms with E-state index in [9.17, 15) is 0 Å². The fourth-order valence-corrected chi connectivity index (χ4v) is 3.08. The van der Waals surface area contributed by atoms with Gasteiger partial charge in [-0.15, -0.1) is 11.6 Å². The maximum absolute atomic E-state index is 6.10. The predicted octanol–water partition coefficient (Wildman–Crippen LogP) is 4.99. The second-order valence-electron chi connectivity index (χ2n) is 4.92. The monoisotopic (exact) mass is 396 g/mol. The van der Waals surface area contributed by atoms with Gasteiger partial charge >= 0.3 is 0 Å². The Morgan fingerprint density at radius 3 is 2.70 bits per heavy atom. The van der Waals surface area contributed by atoms with Crippen LogP contribution in [0.25, 0.3) is 16.7 Å². The molecule has 0 atom stereocenters. The molecular weight excluding hydrogens is 383 g/mol. The number of benzene rings is 2. The highest BCUT2D eigenvalue weighted by Gasteiger charge is 2.13. The molecule has 1 aromatic heterocycles. The Kier molecular flexibility index (Phi) is 3.73. The lowest BCUT2D eigenvalue weighted by Gasteiger charge is -2.12. The summed E-state index contributed by atoms with van der Waals surface area (Å²) in [6, 6.07) is 12.8. The zero-order chi connectivity index (χ0) is 14.3. The number of aryl methyl sites for hydroxylation is 2. The molecule has 4 heteroatoms. The molecule has 0 aliphatic rings. The summed E-state index contributed by atoms with van der Waals surface area (Å²) in [5, 5.41) is 0. The van der Waals surface area contributed by atoms with Crippen molar-refractivity contribution in [2.45, 2.75) is 19.7 Å². The van der Waals surface area contributed by atoms with Crippen molar-refractivity contribution >= 4 is 45.2 Å². The van der Waals surface area contributed by atoms with Crippen LogP contribution in [0.2, 0.25) is 0 Å². The Bertz CT molecular complexity index is 793. The molecule has 2 aromatic carbocycles. The van der Waals surface area contributed by atoms with Gasteiger partial charge in [-0.3, -0.25) is 4.57 Å². The summed E-state index contributed by atoms with van der Waals surface area (Å²) in [7, 11) is 0. The molecule has 0 fully saturated rings. The van der Waals surface area contributed by atoms with Gasteiger partial charge in [0.1, 0.15) is 5.82 Å². The zero-order valence-corrected chi connectivity index (χ0v) is 14.2. The van der Waals surface area contributed by atoms with Crippen LogP contribution in [-0.4, -0.2) is 9.55 Å². The first-order valence-electron chi connectivity index (χ1n) is 6.40. The maximum atomic E-state index is 6.10. The molecule has 102 valence electrons. The summed E-state index contributed by atoms with van der Waals surface area (Å²) in [6.45, 7) is 4.22. The van der Waals surface area contributed by atoms with E-state index in [0.29, 0.717) is 5.88 Å². The quantitative estimate of drug-likeness (QED) is 0.441. The molecule has 0 N–H and O–H groups in total. The third kappa shape index (κ3) is 2.33. The van der Waals surface area contributed by atoms with Gasteiger partial charge in [0.2, 0.25) is 0 Å². The fourth-order valence-electron chi connectivity index (χ4n) is 2.42.